The third-order valence-corrected chi connectivity index (χ3v) is 6.05. The molecule has 0 aliphatic carbocycles. The first kappa shape index (κ1) is 26.5. The van der Waals surface area contributed by atoms with Crippen molar-refractivity contribution < 1.29 is 14.3 Å². The molecule has 4 aromatic rings. The van der Waals surface area contributed by atoms with Crippen LogP contribution >= 0.6 is 0 Å². The number of rotatable bonds is 12. The number of carbonyl (C=O) groups is 2. The summed E-state index contributed by atoms with van der Waals surface area (Å²) in [6.45, 7) is 3.23. The molecule has 0 atom stereocenters. The van der Waals surface area contributed by atoms with Crippen LogP contribution in [0.4, 0.5) is 17.1 Å². The third kappa shape index (κ3) is 7.71. The lowest BCUT2D eigenvalue weighted by atomic mass is 10.1. The first-order valence-electron chi connectivity index (χ1n) is 12.9. The Hall–Kier alpha value is -4.58. The predicted molar refractivity (Wildman–Crippen MR) is 154 cm³/mol. The van der Waals surface area contributed by atoms with Crippen LogP contribution in [-0.2, 0) is 11.2 Å². The van der Waals surface area contributed by atoms with Gasteiger partial charge in [-0.05, 0) is 73.9 Å². The molecule has 0 heterocycles. The summed E-state index contributed by atoms with van der Waals surface area (Å²) < 4.78 is 5.86. The Balaban J connectivity index is 1.23. The highest BCUT2D eigenvalue weighted by atomic mass is 16.5. The van der Waals surface area contributed by atoms with Crippen LogP contribution in [0.2, 0.25) is 0 Å². The first-order chi connectivity index (χ1) is 18.6. The van der Waals surface area contributed by atoms with Crippen LogP contribution in [0.5, 0.6) is 5.75 Å². The van der Waals surface area contributed by atoms with Gasteiger partial charge in [0.15, 0.2) is 0 Å². The van der Waals surface area contributed by atoms with Crippen molar-refractivity contribution in [2.45, 2.75) is 19.8 Å². The monoisotopic (exact) mass is 507 g/mol. The van der Waals surface area contributed by atoms with E-state index >= 15 is 0 Å². The minimum absolute atomic E-state index is 0.0647. The quantitative estimate of drug-likeness (QED) is 0.217. The van der Waals surface area contributed by atoms with Crippen molar-refractivity contribution >= 4 is 28.9 Å². The molecule has 2 amide bonds. The zero-order valence-corrected chi connectivity index (χ0v) is 21.6. The Morgan fingerprint density at radius 3 is 2.21 bits per heavy atom. The number of para-hydroxylation sites is 1. The number of benzene rings is 4. The first-order valence-corrected chi connectivity index (χ1v) is 12.9. The molecule has 0 bridgehead atoms. The van der Waals surface area contributed by atoms with Gasteiger partial charge in [-0.1, -0.05) is 54.6 Å². The van der Waals surface area contributed by atoms with Gasteiger partial charge < -0.3 is 20.3 Å². The van der Waals surface area contributed by atoms with Crippen LogP contribution in [0.1, 0.15) is 29.3 Å². The Labute approximate surface area is 224 Å². The normalized spacial score (nSPS) is 10.4. The molecule has 38 heavy (non-hydrogen) atoms. The van der Waals surface area contributed by atoms with Gasteiger partial charge in [0, 0.05) is 35.2 Å². The molecule has 0 saturated carbocycles. The van der Waals surface area contributed by atoms with Gasteiger partial charge in [-0.2, -0.15) is 0 Å². The summed E-state index contributed by atoms with van der Waals surface area (Å²) in [6, 6.07) is 34.5. The van der Waals surface area contributed by atoms with Crippen LogP contribution < -0.4 is 20.3 Å². The van der Waals surface area contributed by atoms with E-state index in [4.69, 9.17) is 4.74 Å². The zero-order valence-electron chi connectivity index (χ0n) is 21.6. The summed E-state index contributed by atoms with van der Waals surface area (Å²) in [5.41, 5.74) is 4.18. The zero-order chi connectivity index (χ0) is 26.6. The number of anilines is 3. The number of nitrogens with one attached hydrogen (secondary N) is 2. The van der Waals surface area contributed by atoms with Crippen LogP contribution in [0.3, 0.4) is 0 Å². The topological polar surface area (TPSA) is 70.7 Å². The molecule has 4 aromatic carbocycles. The van der Waals surface area contributed by atoms with Gasteiger partial charge in [-0.25, -0.2) is 0 Å². The maximum absolute atomic E-state index is 13.0. The molecule has 0 aromatic heterocycles. The number of carbonyl (C=O) groups excluding carboxylic acids is 2. The highest BCUT2D eigenvalue weighted by molar-refractivity contribution is 6.06. The standard InChI is InChI=1S/C32H33N3O3/c1-2-35(29-15-7-4-8-16-29)32(37)26-18-20-27(21-19-26)33-24-31(36)34-28-14-9-17-30(23-28)38-22-10-13-25-11-5-3-6-12-25/h3-9,11-12,14-21,23,33H,2,10,13,22,24H2,1H3,(H,34,36). The van der Waals surface area contributed by atoms with E-state index in [2.05, 4.69) is 22.8 Å². The Kier molecular flexibility index (Phi) is 9.51. The second-order valence-electron chi connectivity index (χ2n) is 8.83. The number of ether oxygens (including phenoxy) is 1. The fraction of sp³-hybridized carbons (Fsp3) is 0.188. The van der Waals surface area contributed by atoms with Crippen molar-refractivity contribution in [3.8, 4) is 5.75 Å². The largest absolute Gasteiger partial charge is 0.494 e. The molecule has 0 unspecified atom stereocenters. The fourth-order valence-electron chi connectivity index (χ4n) is 4.10. The molecule has 0 radical (unpaired) electrons. The van der Waals surface area contributed by atoms with Crippen molar-refractivity contribution in [2.75, 3.05) is 35.2 Å². The number of nitrogens with zero attached hydrogens (tertiary/aromatic N) is 1. The lowest BCUT2D eigenvalue weighted by Crippen LogP contribution is -2.30. The lowest BCUT2D eigenvalue weighted by Gasteiger charge is -2.21. The molecular weight excluding hydrogens is 474 g/mol. The van der Waals surface area contributed by atoms with E-state index in [1.54, 1.807) is 17.0 Å². The highest BCUT2D eigenvalue weighted by Crippen LogP contribution is 2.19. The van der Waals surface area contributed by atoms with Gasteiger partial charge >= 0.3 is 0 Å². The maximum Gasteiger partial charge on any atom is 0.258 e. The van der Waals surface area contributed by atoms with Gasteiger partial charge in [0.1, 0.15) is 5.75 Å². The van der Waals surface area contributed by atoms with E-state index in [1.165, 1.54) is 5.56 Å². The van der Waals surface area contributed by atoms with Gasteiger partial charge in [0.25, 0.3) is 5.91 Å². The van der Waals surface area contributed by atoms with Gasteiger partial charge in [0.2, 0.25) is 5.91 Å². The summed E-state index contributed by atoms with van der Waals surface area (Å²) >= 11 is 0. The maximum atomic E-state index is 13.0. The molecule has 0 saturated heterocycles. The predicted octanol–water partition coefficient (Wildman–Crippen LogP) is 6.42. The van der Waals surface area contributed by atoms with E-state index in [9.17, 15) is 9.59 Å². The Morgan fingerprint density at radius 1 is 0.789 bits per heavy atom. The molecule has 0 aliphatic heterocycles. The number of amides is 2. The van der Waals surface area contributed by atoms with Crippen molar-refractivity contribution in [1.82, 2.24) is 0 Å². The van der Waals surface area contributed by atoms with Crippen molar-refractivity contribution in [1.29, 1.82) is 0 Å². The van der Waals surface area contributed by atoms with Gasteiger partial charge in [0.05, 0.1) is 13.2 Å². The molecule has 0 spiro atoms. The molecule has 6 heteroatoms. The Bertz CT molecular complexity index is 1310. The molecule has 0 fully saturated rings. The van der Waals surface area contributed by atoms with Crippen molar-refractivity contribution in [3.05, 3.63) is 120 Å². The minimum Gasteiger partial charge on any atom is -0.494 e. The molecule has 194 valence electrons. The van der Waals surface area contributed by atoms with Gasteiger partial charge in [-0.3, -0.25) is 9.59 Å². The SMILES string of the molecule is CCN(C(=O)c1ccc(NCC(=O)Nc2cccc(OCCCc3ccccc3)c2)cc1)c1ccccc1. The van der Waals surface area contributed by atoms with Crippen LogP contribution in [-0.4, -0.2) is 31.5 Å². The molecular formula is C32H33N3O3. The van der Waals surface area contributed by atoms with Crippen molar-refractivity contribution in [2.24, 2.45) is 0 Å². The highest BCUT2D eigenvalue weighted by Gasteiger charge is 2.15. The average Bonchev–Trinajstić information content (AvgIpc) is 2.96. The van der Waals surface area contributed by atoms with E-state index in [1.807, 2.05) is 91.9 Å². The summed E-state index contributed by atoms with van der Waals surface area (Å²) in [5.74, 6) is 0.485. The summed E-state index contributed by atoms with van der Waals surface area (Å²) in [7, 11) is 0. The molecule has 6 nitrogen and oxygen atoms in total. The number of hydrogen-bond donors (Lipinski definition) is 2. The molecule has 0 aliphatic rings. The number of aryl methyl sites for hydroxylation is 1. The lowest BCUT2D eigenvalue weighted by molar-refractivity contribution is -0.114. The smallest absolute Gasteiger partial charge is 0.258 e. The fourth-order valence-corrected chi connectivity index (χ4v) is 4.10. The van der Waals surface area contributed by atoms with Crippen LogP contribution in [0, 0.1) is 0 Å². The van der Waals surface area contributed by atoms with E-state index < -0.39 is 0 Å². The molecule has 4 rings (SSSR count). The summed E-state index contributed by atoms with van der Waals surface area (Å²) in [6.07, 6.45) is 1.87. The Morgan fingerprint density at radius 2 is 1.50 bits per heavy atom. The van der Waals surface area contributed by atoms with E-state index in [0.29, 0.717) is 24.4 Å². The second kappa shape index (κ2) is 13.7. The summed E-state index contributed by atoms with van der Waals surface area (Å²) in [5, 5.41) is 6.01. The van der Waals surface area contributed by atoms with Gasteiger partial charge in [-0.15, -0.1) is 0 Å². The van der Waals surface area contributed by atoms with Crippen LogP contribution in [0.25, 0.3) is 0 Å². The average molecular weight is 508 g/mol. The van der Waals surface area contributed by atoms with E-state index in [0.717, 1.165) is 30.0 Å². The van der Waals surface area contributed by atoms with Crippen molar-refractivity contribution in [3.63, 3.8) is 0 Å². The molecule has 2 N–H and O–H groups in total. The minimum atomic E-state index is -0.174. The summed E-state index contributed by atoms with van der Waals surface area (Å²) in [4.78, 5) is 27.2. The van der Waals surface area contributed by atoms with Crippen LogP contribution in [0.15, 0.2) is 109 Å². The number of hydrogen-bond acceptors (Lipinski definition) is 4. The van der Waals surface area contributed by atoms with E-state index in [-0.39, 0.29) is 18.4 Å². The third-order valence-electron chi connectivity index (χ3n) is 6.05. The second-order valence-corrected chi connectivity index (χ2v) is 8.83.